The Labute approximate surface area is 145 Å². The summed E-state index contributed by atoms with van der Waals surface area (Å²) in [4.78, 5) is 22.1. The standard InChI is InChI=1S/C20H18FN3O/c1-13-11-15(4-5-17(13)21)20(25)24-9-6-14(7-10-24)16-12-23-18-3-2-8-22-19(16)18/h2-6,8,11-12,23H,7,9-10H2,1H3. The number of fused-ring (bicyclic) bond motifs is 1. The largest absolute Gasteiger partial charge is 0.359 e. The third-order valence-electron chi connectivity index (χ3n) is 4.68. The van der Waals surface area contributed by atoms with Crippen molar-refractivity contribution >= 4 is 22.5 Å². The highest BCUT2D eigenvalue weighted by molar-refractivity contribution is 5.95. The first-order valence-corrected chi connectivity index (χ1v) is 8.30. The van der Waals surface area contributed by atoms with Gasteiger partial charge in [-0.3, -0.25) is 9.78 Å². The normalized spacial score (nSPS) is 14.6. The summed E-state index contributed by atoms with van der Waals surface area (Å²) >= 11 is 0. The number of carbonyl (C=O) groups excluding carboxylic acids is 1. The van der Waals surface area contributed by atoms with Gasteiger partial charge in [0.15, 0.2) is 0 Å². The van der Waals surface area contributed by atoms with E-state index in [0.717, 1.165) is 23.0 Å². The van der Waals surface area contributed by atoms with E-state index in [1.54, 1.807) is 30.2 Å². The predicted molar refractivity (Wildman–Crippen MR) is 95.7 cm³/mol. The molecular formula is C20H18FN3O. The van der Waals surface area contributed by atoms with E-state index < -0.39 is 0 Å². The molecule has 5 heteroatoms. The van der Waals surface area contributed by atoms with Gasteiger partial charge >= 0.3 is 0 Å². The molecule has 2 aromatic heterocycles. The van der Waals surface area contributed by atoms with Gasteiger partial charge in [0.05, 0.1) is 11.0 Å². The molecule has 1 amide bonds. The molecule has 0 saturated heterocycles. The van der Waals surface area contributed by atoms with Crippen molar-refractivity contribution in [2.75, 3.05) is 13.1 Å². The fourth-order valence-corrected chi connectivity index (χ4v) is 3.26. The third-order valence-corrected chi connectivity index (χ3v) is 4.68. The number of nitrogens with zero attached hydrogens (tertiary/aromatic N) is 2. The highest BCUT2D eigenvalue weighted by Crippen LogP contribution is 2.28. The number of aryl methyl sites for hydroxylation is 1. The van der Waals surface area contributed by atoms with Crippen LogP contribution in [0.4, 0.5) is 4.39 Å². The van der Waals surface area contributed by atoms with Crippen LogP contribution in [-0.4, -0.2) is 33.9 Å². The van der Waals surface area contributed by atoms with Crippen LogP contribution in [0.1, 0.15) is 27.9 Å². The van der Waals surface area contributed by atoms with E-state index in [-0.39, 0.29) is 11.7 Å². The summed E-state index contributed by atoms with van der Waals surface area (Å²) in [5.41, 5.74) is 5.29. The van der Waals surface area contributed by atoms with Crippen molar-refractivity contribution in [2.45, 2.75) is 13.3 Å². The number of aromatic nitrogens is 2. The molecule has 0 fully saturated rings. The van der Waals surface area contributed by atoms with E-state index >= 15 is 0 Å². The van der Waals surface area contributed by atoms with Crippen molar-refractivity contribution in [3.05, 3.63) is 71.3 Å². The van der Waals surface area contributed by atoms with Gasteiger partial charge in [-0.15, -0.1) is 0 Å². The molecule has 0 atom stereocenters. The molecule has 1 aliphatic heterocycles. The van der Waals surface area contributed by atoms with Crippen LogP contribution in [0.25, 0.3) is 16.6 Å². The van der Waals surface area contributed by atoms with Gasteiger partial charge in [-0.1, -0.05) is 6.08 Å². The minimum atomic E-state index is -0.288. The van der Waals surface area contributed by atoms with E-state index in [1.165, 1.54) is 11.6 Å². The fourth-order valence-electron chi connectivity index (χ4n) is 3.26. The van der Waals surface area contributed by atoms with Crippen LogP contribution < -0.4 is 0 Å². The average Bonchev–Trinajstić information content (AvgIpc) is 3.08. The van der Waals surface area contributed by atoms with Crippen LogP contribution in [0.15, 0.2) is 48.8 Å². The molecule has 1 N–H and O–H groups in total. The number of nitrogens with one attached hydrogen (secondary N) is 1. The summed E-state index contributed by atoms with van der Waals surface area (Å²) < 4.78 is 13.4. The minimum absolute atomic E-state index is 0.0598. The van der Waals surface area contributed by atoms with Crippen LogP contribution in [0.2, 0.25) is 0 Å². The molecule has 0 spiro atoms. The van der Waals surface area contributed by atoms with Crippen molar-refractivity contribution in [1.82, 2.24) is 14.9 Å². The number of rotatable bonds is 2. The number of aromatic amines is 1. The van der Waals surface area contributed by atoms with Gasteiger partial charge < -0.3 is 9.88 Å². The number of pyridine rings is 1. The van der Waals surface area contributed by atoms with E-state index in [0.29, 0.717) is 24.2 Å². The summed E-state index contributed by atoms with van der Waals surface area (Å²) in [5.74, 6) is -0.348. The van der Waals surface area contributed by atoms with Crippen molar-refractivity contribution in [1.29, 1.82) is 0 Å². The summed E-state index contributed by atoms with van der Waals surface area (Å²) in [7, 11) is 0. The Morgan fingerprint density at radius 2 is 2.20 bits per heavy atom. The second-order valence-electron chi connectivity index (χ2n) is 6.30. The molecule has 0 radical (unpaired) electrons. The Morgan fingerprint density at radius 1 is 1.32 bits per heavy atom. The molecule has 25 heavy (non-hydrogen) atoms. The van der Waals surface area contributed by atoms with Gasteiger partial charge in [0, 0.05) is 36.6 Å². The van der Waals surface area contributed by atoms with Crippen molar-refractivity contribution in [3.63, 3.8) is 0 Å². The second-order valence-corrected chi connectivity index (χ2v) is 6.30. The van der Waals surface area contributed by atoms with Crippen molar-refractivity contribution in [2.24, 2.45) is 0 Å². The Hall–Kier alpha value is -2.95. The summed E-state index contributed by atoms with van der Waals surface area (Å²) in [5, 5.41) is 0. The number of hydrogen-bond acceptors (Lipinski definition) is 2. The second kappa shape index (κ2) is 6.16. The highest BCUT2D eigenvalue weighted by atomic mass is 19.1. The Kier molecular flexibility index (Phi) is 3.84. The lowest BCUT2D eigenvalue weighted by Crippen LogP contribution is -2.34. The van der Waals surface area contributed by atoms with Gasteiger partial charge in [0.2, 0.25) is 0 Å². The molecule has 0 bridgehead atoms. The van der Waals surface area contributed by atoms with Gasteiger partial charge in [-0.2, -0.15) is 0 Å². The van der Waals surface area contributed by atoms with E-state index in [4.69, 9.17) is 0 Å². The molecule has 4 nitrogen and oxygen atoms in total. The number of carbonyl (C=O) groups is 1. The zero-order valence-electron chi connectivity index (χ0n) is 13.9. The Bertz CT molecular complexity index is 990. The SMILES string of the molecule is Cc1cc(C(=O)N2CC=C(c3c[nH]c4cccnc34)CC2)ccc1F. The maximum atomic E-state index is 13.4. The lowest BCUT2D eigenvalue weighted by molar-refractivity contribution is 0.0772. The van der Waals surface area contributed by atoms with Crippen LogP contribution in [-0.2, 0) is 0 Å². The fraction of sp³-hybridized carbons (Fsp3) is 0.200. The summed E-state index contributed by atoms with van der Waals surface area (Å²) in [6.45, 7) is 2.86. The quantitative estimate of drug-likeness (QED) is 0.771. The highest BCUT2D eigenvalue weighted by Gasteiger charge is 2.21. The van der Waals surface area contributed by atoms with Gasteiger partial charge in [0.1, 0.15) is 5.82 Å². The molecule has 3 aromatic rings. The lowest BCUT2D eigenvalue weighted by Gasteiger charge is -2.26. The first-order valence-electron chi connectivity index (χ1n) is 8.30. The van der Waals surface area contributed by atoms with Crippen LogP contribution in [0.5, 0.6) is 0 Å². The number of H-pyrrole nitrogens is 1. The predicted octanol–water partition coefficient (Wildman–Crippen LogP) is 3.94. The van der Waals surface area contributed by atoms with Gasteiger partial charge in [-0.05, 0) is 54.8 Å². The summed E-state index contributed by atoms with van der Waals surface area (Å²) in [6, 6.07) is 8.42. The molecule has 4 rings (SSSR count). The number of hydrogen-bond donors (Lipinski definition) is 1. The minimum Gasteiger partial charge on any atom is -0.359 e. The molecule has 1 aliphatic rings. The first kappa shape index (κ1) is 15.6. The monoisotopic (exact) mass is 335 g/mol. The smallest absolute Gasteiger partial charge is 0.254 e. The molecule has 126 valence electrons. The number of amides is 1. The molecule has 0 unspecified atom stereocenters. The Morgan fingerprint density at radius 3 is 2.96 bits per heavy atom. The molecule has 0 aliphatic carbocycles. The van der Waals surface area contributed by atoms with Gasteiger partial charge in [-0.25, -0.2) is 4.39 Å². The van der Waals surface area contributed by atoms with Gasteiger partial charge in [0.25, 0.3) is 5.91 Å². The topological polar surface area (TPSA) is 49.0 Å². The van der Waals surface area contributed by atoms with Crippen molar-refractivity contribution in [3.8, 4) is 0 Å². The molecular weight excluding hydrogens is 317 g/mol. The maximum Gasteiger partial charge on any atom is 0.254 e. The molecule has 0 saturated carbocycles. The van der Waals surface area contributed by atoms with E-state index in [9.17, 15) is 9.18 Å². The lowest BCUT2D eigenvalue weighted by atomic mass is 10.00. The molecule has 1 aromatic carbocycles. The maximum absolute atomic E-state index is 13.4. The van der Waals surface area contributed by atoms with Crippen molar-refractivity contribution < 1.29 is 9.18 Å². The van der Waals surface area contributed by atoms with E-state index in [1.807, 2.05) is 18.3 Å². The van der Waals surface area contributed by atoms with E-state index in [2.05, 4.69) is 16.0 Å². The Balaban J connectivity index is 1.55. The number of halogens is 1. The van der Waals surface area contributed by atoms with Crippen LogP contribution in [0, 0.1) is 12.7 Å². The van der Waals surface area contributed by atoms with Crippen LogP contribution in [0.3, 0.4) is 0 Å². The zero-order chi connectivity index (χ0) is 17.4. The average molecular weight is 335 g/mol. The zero-order valence-corrected chi connectivity index (χ0v) is 13.9. The molecule has 3 heterocycles. The summed E-state index contributed by atoms with van der Waals surface area (Å²) in [6.07, 6.45) is 6.62. The van der Waals surface area contributed by atoms with Crippen LogP contribution >= 0.6 is 0 Å². The number of benzene rings is 1. The third kappa shape index (κ3) is 2.82. The first-order chi connectivity index (χ1) is 12.1.